The third-order valence-corrected chi connectivity index (χ3v) is 5.69. The number of hydrogen-bond acceptors (Lipinski definition) is 6. The first-order valence-corrected chi connectivity index (χ1v) is 7.78. The van der Waals surface area contributed by atoms with Gasteiger partial charge in [-0.05, 0) is 25.7 Å². The standard InChI is InChI=1S/C13H16N2O5S/c1-13(8-14,10-4-5-10)15(2)21(17,18)11-6-9(7-20-11)12(16)19-3/h6-7,10H,4-5H2,1-3H3. The highest BCUT2D eigenvalue weighted by molar-refractivity contribution is 7.89. The molecular formula is C13H16N2O5S. The van der Waals surface area contributed by atoms with Crippen molar-refractivity contribution in [1.82, 2.24) is 4.31 Å². The number of sulfonamides is 1. The van der Waals surface area contributed by atoms with E-state index in [0.717, 1.165) is 29.5 Å². The summed E-state index contributed by atoms with van der Waals surface area (Å²) in [7, 11) is -1.46. The molecule has 0 spiro atoms. The van der Waals surface area contributed by atoms with Crippen molar-refractivity contribution in [2.45, 2.75) is 30.4 Å². The molecule has 1 atom stereocenters. The Kier molecular flexibility index (Phi) is 3.82. The van der Waals surface area contributed by atoms with Gasteiger partial charge in [-0.25, -0.2) is 13.2 Å². The predicted molar refractivity (Wildman–Crippen MR) is 71.7 cm³/mol. The number of esters is 1. The zero-order chi connectivity index (χ0) is 15.8. The van der Waals surface area contributed by atoms with E-state index in [1.165, 1.54) is 14.2 Å². The van der Waals surface area contributed by atoms with E-state index < -0.39 is 21.5 Å². The summed E-state index contributed by atoms with van der Waals surface area (Å²) in [6.07, 6.45) is 2.65. The molecule has 7 nitrogen and oxygen atoms in total. The Balaban J connectivity index is 2.35. The predicted octanol–water partition coefficient (Wildman–Crippen LogP) is 1.38. The zero-order valence-corrected chi connectivity index (χ0v) is 12.8. The maximum absolute atomic E-state index is 12.5. The zero-order valence-electron chi connectivity index (χ0n) is 12.0. The number of ether oxygens (including phenoxy) is 1. The highest BCUT2D eigenvalue weighted by Gasteiger charge is 2.50. The molecule has 1 fully saturated rings. The van der Waals surface area contributed by atoms with Gasteiger partial charge in [0.25, 0.3) is 10.0 Å². The second-order valence-corrected chi connectivity index (χ2v) is 7.05. The number of carbonyl (C=O) groups is 1. The summed E-state index contributed by atoms with van der Waals surface area (Å²) in [4.78, 5) is 11.4. The van der Waals surface area contributed by atoms with E-state index in [1.807, 2.05) is 0 Å². The fourth-order valence-electron chi connectivity index (χ4n) is 2.13. The van der Waals surface area contributed by atoms with Gasteiger partial charge in [-0.1, -0.05) is 0 Å². The molecule has 0 aliphatic heterocycles. The van der Waals surface area contributed by atoms with Gasteiger partial charge in [-0.3, -0.25) is 0 Å². The van der Waals surface area contributed by atoms with Crippen molar-refractivity contribution in [2.75, 3.05) is 14.2 Å². The van der Waals surface area contributed by atoms with Crippen molar-refractivity contribution in [2.24, 2.45) is 5.92 Å². The summed E-state index contributed by atoms with van der Waals surface area (Å²) in [5.74, 6) is -0.676. The van der Waals surface area contributed by atoms with Crippen LogP contribution in [0.5, 0.6) is 0 Å². The Morgan fingerprint density at radius 3 is 2.67 bits per heavy atom. The molecule has 0 amide bonds. The number of nitrogens with zero attached hydrogens (tertiary/aromatic N) is 2. The number of hydrogen-bond donors (Lipinski definition) is 0. The fourth-order valence-corrected chi connectivity index (χ4v) is 3.53. The molecule has 1 unspecified atom stereocenters. The minimum atomic E-state index is -4.00. The van der Waals surface area contributed by atoms with Crippen LogP contribution in [0.15, 0.2) is 21.8 Å². The molecule has 1 aromatic rings. The average molecular weight is 312 g/mol. The highest BCUT2D eigenvalue weighted by Crippen LogP contribution is 2.44. The Bertz CT molecular complexity index is 698. The number of methoxy groups -OCH3 is 1. The van der Waals surface area contributed by atoms with Gasteiger partial charge in [0, 0.05) is 13.1 Å². The molecule has 114 valence electrons. The summed E-state index contributed by atoms with van der Waals surface area (Å²) in [5, 5.41) is 8.97. The molecular weight excluding hydrogens is 296 g/mol. The van der Waals surface area contributed by atoms with Crippen LogP contribution in [0.4, 0.5) is 0 Å². The quantitative estimate of drug-likeness (QED) is 0.761. The van der Waals surface area contributed by atoms with Crippen molar-refractivity contribution in [3.8, 4) is 6.07 Å². The lowest BCUT2D eigenvalue weighted by atomic mass is 9.99. The van der Waals surface area contributed by atoms with Gasteiger partial charge in [0.2, 0.25) is 5.09 Å². The van der Waals surface area contributed by atoms with Gasteiger partial charge in [-0.15, -0.1) is 0 Å². The van der Waals surface area contributed by atoms with E-state index in [-0.39, 0.29) is 16.6 Å². The molecule has 1 saturated carbocycles. The fraction of sp³-hybridized carbons (Fsp3) is 0.538. The number of carbonyl (C=O) groups excluding carboxylic acids is 1. The molecule has 2 rings (SSSR count). The maximum Gasteiger partial charge on any atom is 0.341 e. The van der Waals surface area contributed by atoms with Crippen LogP contribution in [0.2, 0.25) is 0 Å². The van der Waals surface area contributed by atoms with Crippen LogP contribution in [0.25, 0.3) is 0 Å². The van der Waals surface area contributed by atoms with Crippen molar-refractivity contribution in [1.29, 1.82) is 5.26 Å². The van der Waals surface area contributed by atoms with Gasteiger partial charge in [0.1, 0.15) is 11.8 Å². The van der Waals surface area contributed by atoms with Crippen molar-refractivity contribution in [3.63, 3.8) is 0 Å². The summed E-state index contributed by atoms with van der Waals surface area (Å²) in [6, 6.07) is 3.17. The Labute approximate surface area is 123 Å². The second-order valence-electron chi connectivity index (χ2n) is 5.15. The molecule has 0 N–H and O–H groups in total. The normalized spacial score (nSPS) is 18.0. The van der Waals surface area contributed by atoms with Gasteiger partial charge in [0.05, 0.1) is 18.7 Å². The monoisotopic (exact) mass is 312 g/mol. The Morgan fingerprint density at radius 1 is 1.57 bits per heavy atom. The van der Waals surface area contributed by atoms with Crippen LogP contribution in [-0.2, 0) is 14.8 Å². The molecule has 0 bridgehead atoms. The first-order chi connectivity index (χ1) is 9.77. The second kappa shape index (κ2) is 5.16. The van der Waals surface area contributed by atoms with Crippen molar-refractivity contribution in [3.05, 3.63) is 17.9 Å². The van der Waals surface area contributed by atoms with E-state index in [0.29, 0.717) is 0 Å². The Morgan fingerprint density at radius 2 is 2.19 bits per heavy atom. The average Bonchev–Trinajstić information content (AvgIpc) is 3.21. The molecule has 1 aliphatic rings. The minimum absolute atomic E-state index is 0.00885. The first kappa shape index (κ1) is 15.5. The highest BCUT2D eigenvalue weighted by atomic mass is 32.2. The SMILES string of the molecule is COC(=O)c1coc(S(=O)(=O)N(C)C(C)(C#N)C2CC2)c1. The number of rotatable bonds is 5. The summed E-state index contributed by atoms with van der Waals surface area (Å²) >= 11 is 0. The first-order valence-electron chi connectivity index (χ1n) is 6.34. The van der Waals surface area contributed by atoms with E-state index in [1.54, 1.807) is 6.92 Å². The largest absolute Gasteiger partial charge is 0.465 e. The summed E-state index contributed by atoms with van der Waals surface area (Å²) < 4.78 is 35.5. The van der Waals surface area contributed by atoms with Crippen LogP contribution in [0, 0.1) is 17.2 Å². The maximum atomic E-state index is 12.5. The molecule has 0 saturated heterocycles. The van der Waals surface area contributed by atoms with Crippen LogP contribution in [0.1, 0.15) is 30.1 Å². The number of furan rings is 1. The third-order valence-electron chi connectivity index (χ3n) is 3.86. The lowest BCUT2D eigenvalue weighted by Crippen LogP contribution is -2.47. The molecule has 1 aliphatic carbocycles. The third kappa shape index (κ3) is 2.54. The van der Waals surface area contributed by atoms with Crippen LogP contribution < -0.4 is 0 Å². The lowest BCUT2D eigenvalue weighted by Gasteiger charge is -2.31. The van der Waals surface area contributed by atoms with Gasteiger partial charge in [-0.2, -0.15) is 9.57 Å². The van der Waals surface area contributed by atoms with Crippen LogP contribution >= 0.6 is 0 Å². The molecule has 0 radical (unpaired) electrons. The van der Waals surface area contributed by atoms with Crippen LogP contribution in [-0.4, -0.2) is 38.4 Å². The molecule has 21 heavy (non-hydrogen) atoms. The summed E-state index contributed by atoms with van der Waals surface area (Å²) in [5.41, 5.74) is -1.12. The van der Waals surface area contributed by atoms with Gasteiger partial charge < -0.3 is 9.15 Å². The number of nitriles is 1. The van der Waals surface area contributed by atoms with Crippen molar-refractivity contribution >= 4 is 16.0 Å². The van der Waals surface area contributed by atoms with E-state index in [9.17, 15) is 18.5 Å². The van der Waals surface area contributed by atoms with Gasteiger partial charge >= 0.3 is 5.97 Å². The smallest absolute Gasteiger partial charge is 0.341 e. The minimum Gasteiger partial charge on any atom is -0.465 e. The van der Waals surface area contributed by atoms with E-state index in [2.05, 4.69) is 10.8 Å². The lowest BCUT2D eigenvalue weighted by molar-refractivity contribution is 0.0600. The van der Waals surface area contributed by atoms with E-state index in [4.69, 9.17) is 4.42 Å². The van der Waals surface area contributed by atoms with Crippen molar-refractivity contribution < 1.29 is 22.4 Å². The topological polar surface area (TPSA) is 101 Å². The summed E-state index contributed by atoms with van der Waals surface area (Å²) in [6.45, 7) is 1.59. The molecule has 0 aromatic carbocycles. The molecule has 8 heteroatoms. The molecule has 1 aromatic heterocycles. The van der Waals surface area contributed by atoms with Gasteiger partial charge in [0.15, 0.2) is 0 Å². The Hall–Kier alpha value is -1.85. The molecule has 1 heterocycles. The van der Waals surface area contributed by atoms with E-state index >= 15 is 0 Å². The van der Waals surface area contributed by atoms with Crippen LogP contribution in [0.3, 0.4) is 0 Å².